The van der Waals surface area contributed by atoms with Crippen LogP contribution in [0.2, 0.25) is 0 Å². The first-order valence-corrected chi connectivity index (χ1v) is 7.10. The van der Waals surface area contributed by atoms with Crippen molar-refractivity contribution in [3.8, 4) is 0 Å². The predicted octanol–water partition coefficient (Wildman–Crippen LogP) is 1.52. The summed E-state index contributed by atoms with van der Waals surface area (Å²) >= 11 is 0. The number of carbonyl (C=O) groups excluding carboxylic acids is 1. The number of amides is 1. The summed E-state index contributed by atoms with van der Waals surface area (Å²) in [6, 6.07) is 3.32. The molecule has 1 fully saturated rings. The van der Waals surface area contributed by atoms with Gasteiger partial charge in [0.05, 0.1) is 5.41 Å². The number of nitrogens with zero attached hydrogens (tertiary/aromatic N) is 2. The molecule has 1 aliphatic carbocycles. The Morgan fingerprint density at radius 1 is 1.38 bits per heavy atom. The van der Waals surface area contributed by atoms with E-state index in [-0.39, 0.29) is 12.5 Å². The van der Waals surface area contributed by atoms with Gasteiger partial charge >= 0.3 is 5.97 Å². The van der Waals surface area contributed by atoms with E-state index in [1.807, 2.05) is 19.0 Å². The smallest absolute Gasteiger partial charge is 0.311 e. The first kappa shape index (κ1) is 15.3. The maximum atomic E-state index is 12.2. The Bertz CT molecular complexity index is 537. The third-order valence-corrected chi connectivity index (χ3v) is 4.07. The highest BCUT2D eigenvalue weighted by molar-refractivity contribution is 5.95. The minimum atomic E-state index is -0.816. The second kappa shape index (κ2) is 6.11. The van der Waals surface area contributed by atoms with Crippen molar-refractivity contribution in [2.75, 3.05) is 25.5 Å². The average Bonchev–Trinajstić information content (AvgIpc) is 2.95. The zero-order valence-electron chi connectivity index (χ0n) is 12.4. The molecule has 1 saturated carbocycles. The van der Waals surface area contributed by atoms with Crippen molar-refractivity contribution in [1.29, 1.82) is 0 Å². The largest absolute Gasteiger partial charge is 0.481 e. The van der Waals surface area contributed by atoms with Crippen LogP contribution >= 0.6 is 0 Å². The highest BCUT2D eigenvalue weighted by Crippen LogP contribution is 2.37. The Hall–Kier alpha value is -2.11. The molecule has 6 heteroatoms. The number of hydrogen-bond acceptors (Lipinski definition) is 4. The molecule has 2 rings (SSSR count). The van der Waals surface area contributed by atoms with Crippen LogP contribution in [0, 0.1) is 5.41 Å². The van der Waals surface area contributed by atoms with Gasteiger partial charge in [0.15, 0.2) is 0 Å². The van der Waals surface area contributed by atoms with Crippen molar-refractivity contribution in [1.82, 2.24) is 10.3 Å². The van der Waals surface area contributed by atoms with Crippen molar-refractivity contribution < 1.29 is 14.7 Å². The first-order valence-electron chi connectivity index (χ1n) is 7.10. The lowest BCUT2D eigenvalue weighted by Gasteiger charge is -2.24. The van der Waals surface area contributed by atoms with Crippen molar-refractivity contribution in [2.24, 2.45) is 5.41 Å². The predicted molar refractivity (Wildman–Crippen MR) is 79.4 cm³/mol. The van der Waals surface area contributed by atoms with Gasteiger partial charge in [-0.2, -0.15) is 0 Å². The summed E-state index contributed by atoms with van der Waals surface area (Å²) in [6.07, 6.45) is 4.64. The fourth-order valence-corrected chi connectivity index (χ4v) is 2.67. The van der Waals surface area contributed by atoms with Crippen LogP contribution in [0.4, 0.5) is 5.82 Å². The molecule has 1 amide bonds. The molecule has 1 heterocycles. The van der Waals surface area contributed by atoms with Gasteiger partial charge in [0.1, 0.15) is 5.82 Å². The van der Waals surface area contributed by atoms with Crippen LogP contribution in [-0.2, 0) is 4.79 Å². The zero-order chi connectivity index (χ0) is 15.5. The van der Waals surface area contributed by atoms with Crippen LogP contribution in [0.25, 0.3) is 0 Å². The Labute approximate surface area is 124 Å². The third-order valence-electron chi connectivity index (χ3n) is 4.07. The first-order chi connectivity index (χ1) is 9.94. The summed E-state index contributed by atoms with van der Waals surface area (Å²) < 4.78 is 0. The molecule has 0 saturated heterocycles. The Morgan fingerprint density at radius 2 is 2.05 bits per heavy atom. The number of pyridine rings is 1. The van der Waals surface area contributed by atoms with E-state index >= 15 is 0 Å². The van der Waals surface area contributed by atoms with E-state index < -0.39 is 11.4 Å². The summed E-state index contributed by atoms with van der Waals surface area (Å²) in [5, 5.41) is 12.2. The standard InChI is InChI=1S/C15H21N3O3/c1-18(2)12-9-11(5-8-16-12)13(19)17-10-15(14(20)21)6-3-4-7-15/h5,8-9H,3-4,6-7,10H2,1-2H3,(H,17,19)(H,20,21). The Balaban J connectivity index is 2.04. The highest BCUT2D eigenvalue weighted by atomic mass is 16.4. The number of anilines is 1. The Kier molecular flexibility index (Phi) is 4.45. The van der Waals surface area contributed by atoms with Gasteiger partial charge < -0.3 is 15.3 Å². The number of carbonyl (C=O) groups is 2. The molecular weight excluding hydrogens is 270 g/mol. The van der Waals surface area contributed by atoms with Crippen LogP contribution in [0.5, 0.6) is 0 Å². The average molecular weight is 291 g/mol. The van der Waals surface area contributed by atoms with E-state index in [1.165, 1.54) is 0 Å². The van der Waals surface area contributed by atoms with Crippen molar-refractivity contribution in [2.45, 2.75) is 25.7 Å². The lowest BCUT2D eigenvalue weighted by Crippen LogP contribution is -2.41. The van der Waals surface area contributed by atoms with Crippen molar-refractivity contribution in [3.63, 3.8) is 0 Å². The number of nitrogens with one attached hydrogen (secondary N) is 1. The minimum absolute atomic E-state index is 0.181. The number of aliphatic carboxylic acids is 1. The molecule has 0 atom stereocenters. The molecule has 21 heavy (non-hydrogen) atoms. The van der Waals surface area contributed by atoms with Gasteiger partial charge in [0, 0.05) is 32.4 Å². The molecule has 0 aromatic carbocycles. The molecule has 2 N–H and O–H groups in total. The van der Waals surface area contributed by atoms with Gasteiger partial charge in [-0.25, -0.2) is 4.98 Å². The summed E-state index contributed by atoms with van der Waals surface area (Å²) in [4.78, 5) is 29.6. The SMILES string of the molecule is CN(C)c1cc(C(=O)NCC2(C(=O)O)CCCC2)ccn1. The zero-order valence-corrected chi connectivity index (χ0v) is 12.4. The molecule has 1 aromatic rings. The summed E-state index contributed by atoms with van der Waals surface area (Å²) in [5.74, 6) is -0.381. The van der Waals surface area contributed by atoms with Crippen LogP contribution in [0.1, 0.15) is 36.0 Å². The van der Waals surface area contributed by atoms with Crippen LogP contribution < -0.4 is 10.2 Å². The third kappa shape index (κ3) is 3.32. The molecule has 0 aliphatic heterocycles. The van der Waals surface area contributed by atoms with Gasteiger partial charge in [-0.3, -0.25) is 9.59 Å². The van der Waals surface area contributed by atoms with E-state index in [4.69, 9.17) is 0 Å². The number of aromatic nitrogens is 1. The van der Waals surface area contributed by atoms with E-state index in [0.29, 0.717) is 24.2 Å². The van der Waals surface area contributed by atoms with Gasteiger partial charge in [-0.1, -0.05) is 12.8 Å². The van der Waals surface area contributed by atoms with Crippen molar-refractivity contribution in [3.05, 3.63) is 23.9 Å². The molecule has 0 unspecified atom stereocenters. The number of hydrogen-bond donors (Lipinski definition) is 2. The second-order valence-corrected chi connectivity index (χ2v) is 5.77. The van der Waals surface area contributed by atoms with Crippen LogP contribution in [-0.4, -0.2) is 42.6 Å². The fraction of sp³-hybridized carbons (Fsp3) is 0.533. The van der Waals surface area contributed by atoms with E-state index in [0.717, 1.165) is 12.8 Å². The lowest BCUT2D eigenvalue weighted by atomic mass is 9.86. The normalized spacial score (nSPS) is 16.5. The van der Waals surface area contributed by atoms with Crippen LogP contribution in [0.15, 0.2) is 18.3 Å². The van der Waals surface area contributed by atoms with E-state index in [1.54, 1.807) is 18.3 Å². The van der Waals surface area contributed by atoms with Gasteiger partial charge in [-0.05, 0) is 25.0 Å². The molecule has 1 aromatic heterocycles. The second-order valence-electron chi connectivity index (χ2n) is 5.77. The van der Waals surface area contributed by atoms with Crippen LogP contribution in [0.3, 0.4) is 0 Å². The van der Waals surface area contributed by atoms with Crippen molar-refractivity contribution >= 4 is 17.7 Å². The number of carboxylic acid groups (broad SMARTS) is 1. The molecule has 0 bridgehead atoms. The summed E-state index contributed by atoms with van der Waals surface area (Å²) in [5.41, 5.74) is -0.306. The van der Waals surface area contributed by atoms with Gasteiger partial charge in [-0.15, -0.1) is 0 Å². The monoisotopic (exact) mass is 291 g/mol. The quantitative estimate of drug-likeness (QED) is 0.859. The summed E-state index contributed by atoms with van der Waals surface area (Å²) in [6.45, 7) is 0.181. The van der Waals surface area contributed by atoms with Gasteiger partial charge in [0.2, 0.25) is 0 Å². The minimum Gasteiger partial charge on any atom is -0.481 e. The molecule has 0 radical (unpaired) electrons. The highest BCUT2D eigenvalue weighted by Gasteiger charge is 2.41. The maximum Gasteiger partial charge on any atom is 0.311 e. The maximum absolute atomic E-state index is 12.2. The number of carboxylic acids is 1. The summed E-state index contributed by atoms with van der Waals surface area (Å²) in [7, 11) is 3.70. The van der Waals surface area contributed by atoms with Gasteiger partial charge in [0.25, 0.3) is 5.91 Å². The topological polar surface area (TPSA) is 82.5 Å². The molecule has 6 nitrogen and oxygen atoms in total. The van der Waals surface area contributed by atoms with E-state index in [9.17, 15) is 14.7 Å². The van der Waals surface area contributed by atoms with E-state index in [2.05, 4.69) is 10.3 Å². The number of rotatable bonds is 5. The Morgan fingerprint density at radius 3 is 2.62 bits per heavy atom. The molecule has 1 aliphatic rings. The molecule has 114 valence electrons. The fourth-order valence-electron chi connectivity index (χ4n) is 2.67. The molecular formula is C15H21N3O3. The molecule has 0 spiro atoms. The lowest BCUT2D eigenvalue weighted by molar-refractivity contribution is -0.148.